The lowest BCUT2D eigenvalue weighted by Crippen LogP contribution is -2.31. The predicted octanol–water partition coefficient (Wildman–Crippen LogP) is 3.11. The van der Waals surface area contributed by atoms with Crippen LogP contribution in [0.15, 0.2) is 71.8 Å². The minimum atomic E-state index is -4.30. The number of methoxy groups -OCH3 is 1. The minimum Gasteiger partial charge on any atom is -0.496 e. The van der Waals surface area contributed by atoms with E-state index in [1.807, 2.05) is 35.9 Å². The standard InChI is InChI=1S/C26H27N3O8S/c1-3-15-36-26(32)37-23-12-11-20(17-28-23)25(31)29-38(33,34)21-9-6-8-19(16-21)24(30)27-14-13-18-7-4-5-10-22(18)35-2/h4-12,16-17H,3,13-15H2,1-2H3,(H,27,30)(H,29,31). The fraction of sp³-hybridized carbons (Fsp3) is 0.231. The predicted molar refractivity (Wildman–Crippen MR) is 137 cm³/mol. The number of rotatable bonds is 11. The van der Waals surface area contributed by atoms with Crippen molar-refractivity contribution in [2.45, 2.75) is 24.7 Å². The molecular weight excluding hydrogens is 514 g/mol. The second kappa shape index (κ2) is 13.2. The summed E-state index contributed by atoms with van der Waals surface area (Å²) >= 11 is 0. The highest BCUT2D eigenvalue weighted by molar-refractivity contribution is 7.90. The first-order valence-corrected chi connectivity index (χ1v) is 13.1. The van der Waals surface area contributed by atoms with Crippen LogP contribution in [0.25, 0.3) is 0 Å². The lowest BCUT2D eigenvalue weighted by molar-refractivity contribution is 0.0949. The number of nitrogens with one attached hydrogen (secondary N) is 2. The lowest BCUT2D eigenvalue weighted by atomic mass is 10.1. The SMILES string of the molecule is CCCOC(=O)Oc1ccc(C(=O)NS(=O)(=O)c2cccc(C(=O)NCCc3ccccc3OC)c2)cn1. The molecular formula is C26H27N3O8S. The summed E-state index contributed by atoms with van der Waals surface area (Å²) in [5.41, 5.74) is 0.936. The first kappa shape index (κ1) is 28.1. The number of pyridine rings is 1. The number of ether oxygens (including phenoxy) is 3. The zero-order valence-corrected chi connectivity index (χ0v) is 21.6. The van der Waals surface area contributed by atoms with Crippen LogP contribution in [-0.4, -0.2) is 51.6 Å². The first-order valence-electron chi connectivity index (χ1n) is 11.6. The number of amides is 2. The van der Waals surface area contributed by atoms with Gasteiger partial charge in [-0.15, -0.1) is 0 Å². The van der Waals surface area contributed by atoms with Crippen molar-refractivity contribution >= 4 is 28.0 Å². The Morgan fingerprint density at radius 2 is 1.74 bits per heavy atom. The van der Waals surface area contributed by atoms with Crippen molar-refractivity contribution in [2.75, 3.05) is 20.3 Å². The van der Waals surface area contributed by atoms with Gasteiger partial charge >= 0.3 is 6.16 Å². The third-order valence-corrected chi connectivity index (χ3v) is 6.45. The fourth-order valence-corrected chi connectivity index (χ4v) is 4.26. The molecule has 11 nitrogen and oxygen atoms in total. The minimum absolute atomic E-state index is 0.0897. The molecule has 0 aliphatic heterocycles. The molecule has 1 aromatic heterocycles. The van der Waals surface area contributed by atoms with Crippen LogP contribution in [0.4, 0.5) is 4.79 Å². The normalized spacial score (nSPS) is 10.8. The number of carbonyl (C=O) groups excluding carboxylic acids is 3. The molecule has 12 heteroatoms. The molecule has 0 unspecified atom stereocenters. The van der Waals surface area contributed by atoms with Gasteiger partial charge in [-0.1, -0.05) is 31.2 Å². The Morgan fingerprint density at radius 3 is 2.45 bits per heavy atom. The maximum Gasteiger partial charge on any atom is 0.515 e. The van der Waals surface area contributed by atoms with E-state index in [2.05, 4.69) is 10.3 Å². The smallest absolute Gasteiger partial charge is 0.496 e. The van der Waals surface area contributed by atoms with Gasteiger partial charge in [0.05, 0.1) is 24.2 Å². The summed E-state index contributed by atoms with van der Waals surface area (Å²) in [5.74, 6) is -0.836. The molecule has 2 amide bonds. The van der Waals surface area contributed by atoms with Gasteiger partial charge < -0.3 is 19.5 Å². The molecule has 0 aliphatic carbocycles. The topological polar surface area (TPSA) is 150 Å². The van der Waals surface area contributed by atoms with E-state index < -0.39 is 28.0 Å². The van der Waals surface area contributed by atoms with Crippen molar-refractivity contribution < 1.29 is 37.0 Å². The zero-order chi connectivity index (χ0) is 27.5. The summed E-state index contributed by atoms with van der Waals surface area (Å²) in [5, 5.41) is 2.74. The summed E-state index contributed by atoms with van der Waals surface area (Å²) in [7, 11) is -2.74. The van der Waals surface area contributed by atoms with Gasteiger partial charge in [0.1, 0.15) is 5.75 Å². The maximum atomic E-state index is 12.8. The molecule has 2 aromatic carbocycles. The molecule has 0 spiro atoms. The van der Waals surface area contributed by atoms with Crippen LogP contribution in [0.1, 0.15) is 39.6 Å². The monoisotopic (exact) mass is 541 g/mol. The van der Waals surface area contributed by atoms with Crippen LogP contribution in [-0.2, 0) is 21.2 Å². The number of hydrogen-bond acceptors (Lipinski definition) is 9. The Balaban J connectivity index is 1.60. The first-order chi connectivity index (χ1) is 18.2. The van der Waals surface area contributed by atoms with E-state index in [1.54, 1.807) is 7.11 Å². The van der Waals surface area contributed by atoms with Crippen LogP contribution in [0.3, 0.4) is 0 Å². The highest BCUT2D eigenvalue weighted by Gasteiger charge is 2.21. The Morgan fingerprint density at radius 1 is 0.947 bits per heavy atom. The number of aromatic nitrogens is 1. The molecule has 2 N–H and O–H groups in total. The number of hydrogen-bond donors (Lipinski definition) is 2. The van der Waals surface area contributed by atoms with Crippen LogP contribution in [0.5, 0.6) is 11.6 Å². The summed E-state index contributed by atoms with van der Waals surface area (Å²) in [6.07, 6.45) is 1.25. The maximum absolute atomic E-state index is 12.8. The second-order valence-corrected chi connectivity index (χ2v) is 9.55. The third kappa shape index (κ3) is 7.77. The molecule has 3 rings (SSSR count). The molecule has 38 heavy (non-hydrogen) atoms. The molecule has 0 atom stereocenters. The van der Waals surface area contributed by atoms with Gasteiger partial charge in [0.25, 0.3) is 21.8 Å². The van der Waals surface area contributed by atoms with Gasteiger partial charge in [0, 0.05) is 24.4 Å². The number of benzene rings is 2. The molecule has 200 valence electrons. The Kier molecular flexibility index (Phi) is 9.77. The van der Waals surface area contributed by atoms with E-state index in [9.17, 15) is 22.8 Å². The average molecular weight is 542 g/mol. The lowest BCUT2D eigenvalue weighted by Gasteiger charge is -2.10. The molecule has 3 aromatic rings. The molecule has 0 saturated carbocycles. The molecule has 0 aliphatic rings. The molecule has 0 bridgehead atoms. The third-order valence-electron chi connectivity index (χ3n) is 5.12. The van der Waals surface area contributed by atoms with E-state index in [0.717, 1.165) is 11.8 Å². The van der Waals surface area contributed by atoms with Crippen molar-refractivity contribution in [3.05, 3.63) is 83.6 Å². The largest absolute Gasteiger partial charge is 0.515 e. The highest BCUT2D eigenvalue weighted by Crippen LogP contribution is 2.18. The number of para-hydroxylation sites is 1. The van der Waals surface area contributed by atoms with Crippen molar-refractivity contribution in [2.24, 2.45) is 0 Å². The van der Waals surface area contributed by atoms with E-state index in [-0.39, 0.29) is 28.5 Å². The second-order valence-electron chi connectivity index (χ2n) is 7.87. The molecule has 0 fully saturated rings. The Hall–Kier alpha value is -4.45. The number of sulfonamides is 1. The van der Waals surface area contributed by atoms with E-state index in [1.165, 1.54) is 36.4 Å². The van der Waals surface area contributed by atoms with Gasteiger partial charge in [0.2, 0.25) is 5.88 Å². The van der Waals surface area contributed by atoms with Crippen molar-refractivity contribution in [3.8, 4) is 11.6 Å². The van der Waals surface area contributed by atoms with Gasteiger partial charge in [-0.2, -0.15) is 0 Å². The van der Waals surface area contributed by atoms with E-state index >= 15 is 0 Å². The number of carbonyl (C=O) groups is 3. The summed E-state index contributed by atoms with van der Waals surface area (Å²) in [6, 6.07) is 15.2. The van der Waals surface area contributed by atoms with Crippen LogP contribution >= 0.6 is 0 Å². The van der Waals surface area contributed by atoms with E-state index in [4.69, 9.17) is 14.2 Å². The Bertz CT molecular complexity index is 1390. The Labute approximate surface area is 220 Å². The summed E-state index contributed by atoms with van der Waals surface area (Å²) < 4.78 is 42.4. The quantitative estimate of drug-likeness (QED) is 0.349. The van der Waals surface area contributed by atoms with Gasteiger partial charge in [-0.25, -0.2) is 22.9 Å². The van der Waals surface area contributed by atoms with Gasteiger partial charge in [0.15, 0.2) is 0 Å². The van der Waals surface area contributed by atoms with E-state index in [0.29, 0.717) is 25.1 Å². The summed E-state index contributed by atoms with van der Waals surface area (Å²) in [6.45, 7) is 2.31. The van der Waals surface area contributed by atoms with Crippen LogP contribution in [0.2, 0.25) is 0 Å². The van der Waals surface area contributed by atoms with Crippen molar-refractivity contribution in [3.63, 3.8) is 0 Å². The summed E-state index contributed by atoms with van der Waals surface area (Å²) in [4.78, 5) is 40.1. The number of nitrogens with zero attached hydrogens (tertiary/aromatic N) is 1. The van der Waals surface area contributed by atoms with Gasteiger partial charge in [-0.3, -0.25) is 9.59 Å². The molecule has 0 saturated heterocycles. The molecule has 1 heterocycles. The zero-order valence-electron chi connectivity index (χ0n) is 20.8. The van der Waals surface area contributed by atoms with Crippen molar-refractivity contribution in [1.29, 1.82) is 0 Å². The molecule has 0 radical (unpaired) electrons. The fourth-order valence-electron chi connectivity index (χ4n) is 3.24. The van der Waals surface area contributed by atoms with Gasteiger partial charge in [-0.05, 0) is 48.7 Å². The van der Waals surface area contributed by atoms with Crippen LogP contribution in [0, 0.1) is 0 Å². The average Bonchev–Trinajstić information content (AvgIpc) is 2.92. The van der Waals surface area contributed by atoms with Crippen molar-refractivity contribution in [1.82, 2.24) is 15.0 Å². The van der Waals surface area contributed by atoms with Crippen LogP contribution < -0.4 is 19.5 Å². The highest BCUT2D eigenvalue weighted by atomic mass is 32.2.